The van der Waals surface area contributed by atoms with Gasteiger partial charge in [0.25, 0.3) is 11.1 Å². The number of nitrogens with two attached hydrogens (primary N) is 1. The number of H-pyrrole nitrogens is 1. The molecule has 1 aromatic heterocycles. The maximum Gasteiger partial charge on any atom is 0.287 e. The topological polar surface area (TPSA) is 80.9 Å². The van der Waals surface area contributed by atoms with E-state index in [2.05, 4.69) is 5.10 Å². The van der Waals surface area contributed by atoms with E-state index in [0.717, 1.165) is 4.68 Å². The summed E-state index contributed by atoms with van der Waals surface area (Å²) in [6, 6.07) is 0. The van der Waals surface area contributed by atoms with Crippen LogP contribution in [-0.2, 0) is 7.05 Å². The molecule has 0 fully saturated rings. The third-order valence-corrected chi connectivity index (χ3v) is 1.61. The van der Waals surface area contributed by atoms with Crippen molar-refractivity contribution in [2.75, 3.05) is 5.73 Å². The van der Waals surface area contributed by atoms with Gasteiger partial charge >= 0.3 is 0 Å². The molecule has 60 valence electrons. The summed E-state index contributed by atoms with van der Waals surface area (Å²) in [5.74, 6) is 0. The minimum absolute atomic E-state index is 0.240. The van der Waals surface area contributed by atoms with Gasteiger partial charge in [-0.1, -0.05) is 11.6 Å². The maximum absolute atomic E-state index is 10.9. The molecule has 0 amide bonds. The Labute approximate surface area is 66.4 Å². The number of aromatic nitrogens is 2. The van der Waals surface area contributed by atoms with Crippen LogP contribution in [0.1, 0.15) is 0 Å². The van der Waals surface area contributed by atoms with Gasteiger partial charge in [0, 0.05) is 7.05 Å². The quantitative estimate of drug-likeness (QED) is 0.548. The summed E-state index contributed by atoms with van der Waals surface area (Å²) in [5.41, 5.74) is 3.85. The van der Waals surface area contributed by atoms with Gasteiger partial charge in [0.1, 0.15) is 10.7 Å². The molecule has 11 heavy (non-hydrogen) atoms. The summed E-state index contributed by atoms with van der Waals surface area (Å²) in [4.78, 5) is 21.7. The zero-order chi connectivity index (χ0) is 8.59. The van der Waals surface area contributed by atoms with Gasteiger partial charge in [-0.3, -0.25) is 19.4 Å². The summed E-state index contributed by atoms with van der Waals surface area (Å²) in [6.07, 6.45) is 0. The smallest absolute Gasteiger partial charge is 0.287 e. The van der Waals surface area contributed by atoms with Crippen molar-refractivity contribution in [1.29, 1.82) is 0 Å². The van der Waals surface area contributed by atoms with Gasteiger partial charge in [-0.25, -0.2) is 0 Å². The molecule has 0 aliphatic heterocycles. The molecule has 0 radical (unpaired) electrons. The molecule has 0 bridgehead atoms. The molecule has 5 nitrogen and oxygen atoms in total. The van der Waals surface area contributed by atoms with Gasteiger partial charge < -0.3 is 5.73 Å². The lowest BCUT2D eigenvalue weighted by molar-refractivity contribution is 0.694. The zero-order valence-corrected chi connectivity index (χ0v) is 6.47. The second kappa shape index (κ2) is 2.43. The fourth-order valence-electron chi connectivity index (χ4n) is 0.625. The minimum Gasteiger partial charge on any atom is -0.393 e. The van der Waals surface area contributed by atoms with E-state index in [1.54, 1.807) is 0 Å². The van der Waals surface area contributed by atoms with E-state index in [9.17, 15) is 9.59 Å². The molecule has 0 spiro atoms. The number of hydrogen-bond donors (Lipinski definition) is 2. The molecule has 0 aromatic carbocycles. The van der Waals surface area contributed by atoms with Crippen LogP contribution in [-0.4, -0.2) is 9.78 Å². The first-order valence-electron chi connectivity index (χ1n) is 2.78. The van der Waals surface area contributed by atoms with Gasteiger partial charge in [0.05, 0.1) is 0 Å². The van der Waals surface area contributed by atoms with Gasteiger partial charge in [0.2, 0.25) is 0 Å². The molecule has 3 N–H and O–H groups in total. The minimum atomic E-state index is -0.558. The number of nitrogens with zero attached hydrogens (tertiary/aromatic N) is 1. The summed E-state index contributed by atoms with van der Waals surface area (Å²) in [6.45, 7) is 0. The number of anilines is 1. The van der Waals surface area contributed by atoms with E-state index in [4.69, 9.17) is 17.3 Å². The Morgan fingerprint density at radius 2 is 2.09 bits per heavy atom. The van der Waals surface area contributed by atoms with Crippen LogP contribution < -0.4 is 16.9 Å². The summed E-state index contributed by atoms with van der Waals surface area (Å²) in [5, 5.41) is 1.95. The van der Waals surface area contributed by atoms with Crippen molar-refractivity contribution < 1.29 is 0 Å². The van der Waals surface area contributed by atoms with E-state index in [0.29, 0.717) is 0 Å². The van der Waals surface area contributed by atoms with Crippen molar-refractivity contribution in [2.24, 2.45) is 7.05 Å². The highest BCUT2D eigenvalue weighted by atomic mass is 35.5. The largest absolute Gasteiger partial charge is 0.393 e. The second-order valence-electron chi connectivity index (χ2n) is 2.03. The highest BCUT2D eigenvalue weighted by Crippen LogP contribution is 2.04. The van der Waals surface area contributed by atoms with E-state index in [1.165, 1.54) is 7.05 Å². The Morgan fingerprint density at radius 1 is 1.55 bits per heavy atom. The normalized spacial score (nSPS) is 10.0. The molecule has 0 saturated heterocycles. The summed E-state index contributed by atoms with van der Waals surface area (Å²) < 4.78 is 0.973. The Balaban J connectivity index is 3.73. The first kappa shape index (κ1) is 7.87. The van der Waals surface area contributed by atoms with Crippen molar-refractivity contribution in [3.63, 3.8) is 0 Å². The van der Waals surface area contributed by atoms with Gasteiger partial charge in [0.15, 0.2) is 0 Å². The Hall–Kier alpha value is -1.23. The average molecular weight is 176 g/mol. The number of nitrogen functional groups attached to an aromatic ring is 1. The number of nitrogens with one attached hydrogen (secondary N) is 1. The summed E-state index contributed by atoms with van der Waals surface area (Å²) >= 11 is 5.41. The van der Waals surface area contributed by atoms with Crippen molar-refractivity contribution >= 4 is 17.3 Å². The fraction of sp³-hybridized carbons (Fsp3) is 0.200. The standard InChI is InChI=1S/C5H6ClN3O2/c1-9-5(11)2(6)3(7)4(10)8-9/h7H2,1H3,(H,8,10). The Bertz CT molecular complexity index is 392. The lowest BCUT2D eigenvalue weighted by Crippen LogP contribution is -2.29. The molecule has 0 aliphatic carbocycles. The van der Waals surface area contributed by atoms with Crippen LogP contribution >= 0.6 is 11.6 Å². The molecule has 0 saturated carbocycles. The predicted molar refractivity (Wildman–Crippen MR) is 41.7 cm³/mol. The van der Waals surface area contributed by atoms with Gasteiger partial charge in [-0.2, -0.15) is 0 Å². The first-order valence-corrected chi connectivity index (χ1v) is 3.16. The molecular formula is C5H6ClN3O2. The van der Waals surface area contributed by atoms with E-state index in [1.807, 2.05) is 0 Å². The van der Waals surface area contributed by atoms with Gasteiger partial charge in [-0.05, 0) is 0 Å². The highest BCUT2D eigenvalue weighted by molar-refractivity contribution is 6.32. The van der Waals surface area contributed by atoms with Crippen LogP contribution in [0.15, 0.2) is 9.59 Å². The van der Waals surface area contributed by atoms with Crippen LogP contribution in [0.4, 0.5) is 5.69 Å². The number of aryl methyl sites for hydroxylation is 1. The number of halogens is 1. The third kappa shape index (κ3) is 1.14. The van der Waals surface area contributed by atoms with Crippen molar-refractivity contribution in [3.05, 3.63) is 25.7 Å². The second-order valence-corrected chi connectivity index (χ2v) is 2.41. The lowest BCUT2D eigenvalue weighted by Gasteiger charge is -1.98. The predicted octanol–water partition coefficient (Wildman–Crippen LogP) is -0.691. The van der Waals surface area contributed by atoms with E-state index < -0.39 is 11.1 Å². The van der Waals surface area contributed by atoms with Crippen molar-refractivity contribution in [1.82, 2.24) is 9.78 Å². The van der Waals surface area contributed by atoms with Crippen LogP contribution in [0.5, 0.6) is 0 Å². The van der Waals surface area contributed by atoms with Crippen LogP contribution in [0.3, 0.4) is 0 Å². The van der Waals surface area contributed by atoms with Crippen molar-refractivity contribution in [3.8, 4) is 0 Å². The lowest BCUT2D eigenvalue weighted by atomic mass is 10.5. The van der Waals surface area contributed by atoms with Crippen LogP contribution in [0, 0.1) is 0 Å². The molecule has 6 heteroatoms. The first-order chi connectivity index (χ1) is 5.04. The number of hydrogen-bond acceptors (Lipinski definition) is 3. The number of aromatic amines is 1. The highest BCUT2D eigenvalue weighted by Gasteiger charge is 2.06. The van der Waals surface area contributed by atoms with Crippen LogP contribution in [0.2, 0.25) is 5.02 Å². The number of rotatable bonds is 0. The van der Waals surface area contributed by atoms with E-state index >= 15 is 0 Å². The molecule has 1 heterocycles. The zero-order valence-electron chi connectivity index (χ0n) is 5.72. The van der Waals surface area contributed by atoms with E-state index in [-0.39, 0.29) is 10.7 Å². The Kier molecular flexibility index (Phi) is 1.74. The third-order valence-electron chi connectivity index (χ3n) is 1.24. The molecule has 1 aromatic rings. The van der Waals surface area contributed by atoms with Crippen molar-refractivity contribution in [2.45, 2.75) is 0 Å². The summed E-state index contributed by atoms with van der Waals surface area (Å²) in [7, 11) is 1.38. The average Bonchev–Trinajstić information content (AvgIpc) is 1.97. The molecule has 0 aliphatic rings. The fourth-order valence-corrected chi connectivity index (χ4v) is 0.838. The Morgan fingerprint density at radius 3 is 2.64 bits per heavy atom. The monoisotopic (exact) mass is 175 g/mol. The SMILES string of the molecule is Cn1[nH]c(=O)c(N)c(Cl)c1=O. The molecular weight excluding hydrogens is 170 g/mol. The molecule has 1 rings (SSSR count). The van der Waals surface area contributed by atoms with Gasteiger partial charge in [-0.15, -0.1) is 0 Å². The molecule has 0 unspecified atom stereocenters. The maximum atomic E-state index is 10.9. The molecule has 0 atom stereocenters. The van der Waals surface area contributed by atoms with Crippen LogP contribution in [0.25, 0.3) is 0 Å².